The van der Waals surface area contributed by atoms with Gasteiger partial charge in [-0.1, -0.05) is 17.7 Å². The average Bonchev–Trinajstić information content (AvgIpc) is 3.01. The smallest absolute Gasteiger partial charge is 0.475 e. The van der Waals surface area contributed by atoms with E-state index in [1.165, 1.54) is 31.4 Å². The monoisotopic (exact) mass is 486 g/mol. The number of carbonyl (C=O) groups excluding carboxylic acids is 1. The number of urea groups is 1. The number of fused-ring (bicyclic) bond motifs is 1. The standard InChI is InChI=1S/C19H25FN6O.C2HF3O2/c20-15-6-4-7-16(12-15)21-19(27)25-10-5-11-26-18(14-25)17(22-23-26)13-24-8-2-1-3-9-24;3-2(4,5)1(6)7/h4,6-7,12H,1-3,5,8-11,13-14H2,(H,21,27);(H,6,7). The van der Waals surface area contributed by atoms with Crippen LogP contribution in [0.5, 0.6) is 0 Å². The number of benzene rings is 1. The van der Waals surface area contributed by atoms with Crippen molar-refractivity contribution < 1.29 is 32.3 Å². The molecule has 0 radical (unpaired) electrons. The molecule has 3 heterocycles. The van der Waals surface area contributed by atoms with E-state index < -0.39 is 12.1 Å². The molecule has 34 heavy (non-hydrogen) atoms. The average molecular weight is 486 g/mol. The van der Waals surface area contributed by atoms with Gasteiger partial charge in [0.05, 0.1) is 12.2 Å². The van der Waals surface area contributed by atoms with Gasteiger partial charge in [-0.25, -0.2) is 18.7 Å². The number of nitrogens with zero attached hydrogens (tertiary/aromatic N) is 5. The lowest BCUT2D eigenvalue weighted by atomic mass is 10.1. The van der Waals surface area contributed by atoms with Gasteiger partial charge < -0.3 is 15.3 Å². The third-order valence-corrected chi connectivity index (χ3v) is 5.48. The SMILES string of the molecule is O=C(Nc1cccc(F)c1)N1CCCn2nnc(CN3CCCCC3)c2C1.O=C(O)C(F)(F)F. The lowest BCUT2D eigenvalue weighted by Gasteiger charge is -2.26. The zero-order chi connectivity index (χ0) is 24.7. The van der Waals surface area contributed by atoms with Crippen molar-refractivity contribution in [2.45, 2.75) is 51.5 Å². The number of aromatic nitrogens is 3. The molecular formula is C21H26F4N6O3. The fraction of sp³-hybridized carbons (Fsp3) is 0.524. The van der Waals surface area contributed by atoms with E-state index in [0.29, 0.717) is 18.8 Å². The number of carboxylic acids is 1. The Bertz CT molecular complexity index is 991. The van der Waals surface area contributed by atoms with Crippen molar-refractivity contribution >= 4 is 17.7 Å². The van der Waals surface area contributed by atoms with Crippen molar-refractivity contribution in [3.63, 3.8) is 0 Å². The van der Waals surface area contributed by atoms with E-state index in [9.17, 15) is 22.4 Å². The van der Waals surface area contributed by atoms with Gasteiger partial charge in [-0.15, -0.1) is 5.10 Å². The zero-order valence-corrected chi connectivity index (χ0v) is 18.4. The van der Waals surface area contributed by atoms with Gasteiger partial charge in [-0.05, 0) is 50.6 Å². The van der Waals surface area contributed by atoms with E-state index in [0.717, 1.165) is 44.0 Å². The maximum absolute atomic E-state index is 13.4. The van der Waals surface area contributed by atoms with Crippen molar-refractivity contribution in [1.82, 2.24) is 24.8 Å². The molecule has 2 amide bonds. The zero-order valence-electron chi connectivity index (χ0n) is 18.4. The van der Waals surface area contributed by atoms with Gasteiger partial charge in [0, 0.05) is 25.3 Å². The molecule has 1 aromatic carbocycles. The summed E-state index contributed by atoms with van der Waals surface area (Å²) in [6.45, 7) is 4.83. The summed E-state index contributed by atoms with van der Waals surface area (Å²) in [6.07, 6.45) is -0.516. The molecule has 2 aliphatic rings. The minimum Gasteiger partial charge on any atom is -0.475 e. The summed E-state index contributed by atoms with van der Waals surface area (Å²) >= 11 is 0. The van der Waals surface area contributed by atoms with Crippen LogP contribution in [-0.2, 0) is 24.4 Å². The molecular weight excluding hydrogens is 460 g/mol. The summed E-state index contributed by atoms with van der Waals surface area (Å²) in [7, 11) is 0. The minimum atomic E-state index is -5.08. The highest BCUT2D eigenvalue weighted by Gasteiger charge is 2.38. The molecule has 0 atom stereocenters. The van der Waals surface area contributed by atoms with Crippen LogP contribution < -0.4 is 5.32 Å². The first kappa shape index (κ1) is 25.4. The third kappa shape index (κ3) is 7.14. The number of carbonyl (C=O) groups is 2. The first-order valence-corrected chi connectivity index (χ1v) is 10.9. The van der Waals surface area contributed by atoms with Crippen molar-refractivity contribution in [3.8, 4) is 0 Å². The number of likely N-dealkylation sites (tertiary alicyclic amines) is 1. The number of halogens is 4. The maximum Gasteiger partial charge on any atom is 0.490 e. The molecule has 0 unspecified atom stereocenters. The summed E-state index contributed by atoms with van der Waals surface area (Å²) in [5.74, 6) is -3.12. The number of hydrogen-bond donors (Lipinski definition) is 2. The molecule has 2 N–H and O–H groups in total. The quantitative estimate of drug-likeness (QED) is 0.644. The Morgan fingerprint density at radius 1 is 1.06 bits per heavy atom. The highest BCUT2D eigenvalue weighted by atomic mass is 19.4. The predicted molar refractivity (Wildman–Crippen MR) is 113 cm³/mol. The molecule has 9 nitrogen and oxygen atoms in total. The number of anilines is 1. The van der Waals surface area contributed by atoms with Gasteiger partial charge >= 0.3 is 18.2 Å². The predicted octanol–water partition coefficient (Wildman–Crippen LogP) is 3.47. The number of alkyl halides is 3. The van der Waals surface area contributed by atoms with Crippen molar-refractivity contribution in [1.29, 1.82) is 0 Å². The van der Waals surface area contributed by atoms with Gasteiger partial charge in [0.2, 0.25) is 0 Å². The van der Waals surface area contributed by atoms with E-state index in [4.69, 9.17) is 9.90 Å². The fourth-order valence-electron chi connectivity index (χ4n) is 3.79. The summed E-state index contributed by atoms with van der Waals surface area (Å²) in [5, 5.41) is 18.6. The van der Waals surface area contributed by atoms with Crippen LogP contribution in [0.1, 0.15) is 37.1 Å². The normalized spacial score (nSPS) is 16.6. The molecule has 0 saturated carbocycles. The van der Waals surface area contributed by atoms with Crippen LogP contribution in [-0.4, -0.2) is 67.7 Å². The Kier molecular flexibility index (Phi) is 8.42. The second-order valence-electron chi connectivity index (χ2n) is 8.06. The van der Waals surface area contributed by atoms with E-state index in [-0.39, 0.29) is 11.8 Å². The third-order valence-electron chi connectivity index (χ3n) is 5.48. The van der Waals surface area contributed by atoms with E-state index in [1.807, 2.05) is 4.68 Å². The summed E-state index contributed by atoms with van der Waals surface area (Å²) in [6, 6.07) is 5.73. The molecule has 0 spiro atoms. The molecule has 186 valence electrons. The van der Waals surface area contributed by atoms with Crippen LogP contribution in [0.15, 0.2) is 24.3 Å². The Morgan fingerprint density at radius 3 is 2.41 bits per heavy atom. The number of piperidine rings is 1. The van der Waals surface area contributed by atoms with E-state index in [1.54, 1.807) is 17.0 Å². The first-order valence-electron chi connectivity index (χ1n) is 10.9. The number of aliphatic carboxylic acids is 1. The Labute approximate surface area is 193 Å². The Morgan fingerprint density at radius 2 is 1.76 bits per heavy atom. The second-order valence-corrected chi connectivity index (χ2v) is 8.06. The van der Waals surface area contributed by atoms with Crippen molar-refractivity contribution in [3.05, 3.63) is 41.5 Å². The highest BCUT2D eigenvalue weighted by molar-refractivity contribution is 5.89. The van der Waals surface area contributed by atoms with Gasteiger partial charge in [0.25, 0.3) is 0 Å². The maximum atomic E-state index is 13.4. The lowest BCUT2D eigenvalue weighted by Crippen LogP contribution is -2.35. The number of amides is 2. The molecule has 1 aromatic heterocycles. The largest absolute Gasteiger partial charge is 0.490 e. The summed E-state index contributed by atoms with van der Waals surface area (Å²) in [4.78, 5) is 25.8. The molecule has 1 fully saturated rings. The highest BCUT2D eigenvalue weighted by Crippen LogP contribution is 2.20. The summed E-state index contributed by atoms with van der Waals surface area (Å²) < 4.78 is 47.0. The lowest BCUT2D eigenvalue weighted by molar-refractivity contribution is -0.192. The second kappa shape index (κ2) is 11.3. The van der Waals surface area contributed by atoms with Crippen LogP contribution in [0.4, 0.5) is 28.0 Å². The Hall–Kier alpha value is -3.22. The summed E-state index contributed by atoms with van der Waals surface area (Å²) in [5.41, 5.74) is 2.43. The molecule has 0 aliphatic carbocycles. The number of nitrogens with one attached hydrogen (secondary N) is 1. The van der Waals surface area contributed by atoms with Crippen LogP contribution in [0, 0.1) is 5.82 Å². The number of carboxylic acid groups (broad SMARTS) is 1. The van der Waals surface area contributed by atoms with Crippen LogP contribution >= 0.6 is 0 Å². The van der Waals surface area contributed by atoms with E-state index in [2.05, 4.69) is 20.5 Å². The van der Waals surface area contributed by atoms with Crippen LogP contribution in [0.25, 0.3) is 0 Å². The molecule has 13 heteroatoms. The van der Waals surface area contributed by atoms with Gasteiger partial charge in [-0.3, -0.25) is 4.90 Å². The first-order chi connectivity index (χ1) is 16.1. The topological polar surface area (TPSA) is 104 Å². The number of hydrogen-bond acceptors (Lipinski definition) is 5. The molecule has 0 bridgehead atoms. The minimum absolute atomic E-state index is 0.223. The Balaban J connectivity index is 0.000000406. The molecule has 2 aliphatic heterocycles. The van der Waals surface area contributed by atoms with Crippen molar-refractivity contribution in [2.24, 2.45) is 0 Å². The fourth-order valence-corrected chi connectivity index (χ4v) is 3.79. The number of rotatable bonds is 3. The van der Waals surface area contributed by atoms with Gasteiger partial charge in [0.1, 0.15) is 11.5 Å². The van der Waals surface area contributed by atoms with Crippen molar-refractivity contribution in [2.75, 3.05) is 25.0 Å². The molecule has 1 saturated heterocycles. The van der Waals surface area contributed by atoms with Gasteiger partial charge in [0.15, 0.2) is 0 Å². The van der Waals surface area contributed by atoms with Crippen LogP contribution in [0.2, 0.25) is 0 Å². The van der Waals surface area contributed by atoms with E-state index >= 15 is 0 Å². The number of aryl methyl sites for hydroxylation is 1. The molecule has 4 rings (SSSR count). The van der Waals surface area contributed by atoms with Gasteiger partial charge in [-0.2, -0.15) is 13.2 Å². The molecule has 2 aromatic rings. The van der Waals surface area contributed by atoms with Crippen LogP contribution in [0.3, 0.4) is 0 Å².